The van der Waals surface area contributed by atoms with Gasteiger partial charge in [0.2, 0.25) is 0 Å². The van der Waals surface area contributed by atoms with E-state index in [4.69, 9.17) is 15.4 Å². The van der Waals surface area contributed by atoms with Gasteiger partial charge in [-0.15, -0.1) is 0 Å². The lowest BCUT2D eigenvalue weighted by Crippen LogP contribution is -2.22. The zero-order valence-corrected chi connectivity index (χ0v) is 9.15. The SMILES string of the molecule is CONc1ccccc1/[N+](OC)=C(/C)N. The van der Waals surface area contributed by atoms with Gasteiger partial charge in [0.25, 0.3) is 5.84 Å². The highest BCUT2D eigenvalue weighted by atomic mass is 16.7. The second-order valence-corrected chi connectivity index (χ2v) is 2.94. The second kappa shape index (κ2) is 5.21. The Labute approximate surface area is 89.0 Å². The fourth-order valence-electron chi connectivity index (χ4n) is 1.28. The van der Waals surface area contributed by atoms with Crippen molar-refractivity contribution in [3.63, 3.8) is 0 Å². The highest BCUT2D eigenvalue weighted by molar-refractivity contribution is 5.74. The number of hydrogen-bond donors (Lipinski definition) is 2. The van der Waals surface area contributed by atoms with Crippen molar-refractivity contribution in [3.05, 3.63) is 24.3 Å². The summed E-state index contributed by atoms with van der Waals surface area (Å²) in [5.41, 5.74) is 10.0. The number of nitrogens with two attached hydrogens (primary N) is 1. The van der Waals surface area contributed by atoms with Gasteiger partial charge in [0, 0.05) is 6.92 Å². The molecule has 0 aliphatic heterocycles. The fraction of sp³-hybridized carbons (Fsp3) is 0.300. The van der Waals surface area contributed by atoms with Crippen LogP contribution in [-0.2, 0) is 9.68 Å². The molecule has 0 atom stereocenters. The Bertz CT molecular complexity index is 359. The molecule has 0 saturated carbocycles. The molecule has 0 bridgehead atoms. The summed E-state index contributed by atoms with van der Waals surface area (Å²) in [6.07, 6.45) is 0. The predicted molar refractivity (Wildman–Crippen MR) is 58.9 cm³/mol. The summed E-state index contributed by atoms with van der Waals surface area (Å²) in [5.74, 6) is 0.544. The number of benzene rings is 1. The second-order valence-electron chi connectivity index (χ2n) is 2.94. The van der Waals surface area contributed by atoms with Gasteiger partial charge >= 0.3 is 0 Å². The van der Waals surface area contributed by atoms with Crippen molar-refractivity contribution >= 4 is 17.2 Å². The van der Waals surface area contributed by atoms with E-state index in [0.717, 1.165) is 11.4 Å². The predicted octanol–water partition coefficient (Wildman–Crippen LogP) is 1.24. The van der Waals surface area contributed by atoms with E-state index in [1.807, 2.05) is 24.3 Å². The lowest BCUT2D eigenvalue weighted by Gasteiger charge is -2.10. The topological polar surface area (TPSA) is 59.5 Å². The minimum atomic E-state index is 0.544. The molecule has 15 heavy (non-hydrogen) atoms. The standard InChI is InChI=1S/C10H15N3O2/c1-8(11)13(15-3)10-7-5-4-6-9(10)12-14-2/h4-7,11-12H,1-3H3/p+1. The Balaban J connectivity index is 3.17. The van der Waals surface area contributed by atoms with E-state index in [1.165, 1.54) is 4.74 Å². The highest BCUT2D eigenvalue weighted by Crippen LogP contribution is 2.23. The van der Waals surface area contributed by atoms with E-state index in [2.05, 4.69) is 5.48 Å². The Morgan fingerprint density at radius 3 is 2.53 bits per heavy atom. The zero-order chi connectivity index (χ0) is 11.3. The molecule has 0 radical (unpaired) electrons. The van der Waals surface area contributed by atoms with Gasteiger partial charge in [0.15, 0.2) is 5.69 Å². The molecule has 82 valence electrons. The average molecular weight is 210 g/mol. The number of para-hydroxylation sites is 2. The maximum absolute atomic E-state index is 5.69. The number of nitrogens with zero attached hydrogens (tertiary/aromatic N) is 1. The minimum absolute atomic E-state index is 0.544. The lowest BCUT2D eigenvalue weighted by atomic mass is 10.3. The van der Waals surface area contributed by atoms with Crippen molar-refractivity contribution in [1.29, 1.82) is 0 Å². The molecule has 1 aromatic rings. The number of hydrogen-bond acceptors (Lipinski definition) is 3. The molecule has 5 heteroatoms. The van der Waals surface area contributed by atoms with Gasteiger partial charge in [-0.25, -0.2) is 0 Å². The maximum atomic E-state index is 5.69. The quantitative estimate of drug-likeness (QED) is 0.340. The normalized spacial score (nSPS) is 11.9. The van der Waals surface area contributed by atoms with Crippen molar-refractivity contribution in [2.24, 2.45) is 5.73 Å². The van der Waals surface area contributed by atoms with Crippen LogP contribution in [0, 0.1) is 0 Å². The first-order valence-electron chi connectivity index (χ1n) is 4.52. The van der Waals surface area contributed by atoms with Crippen LogP contribution >= 0.6 is 0 Å². The third-order valence-corrected chi connectivity index (χ3v) is 1.84. The first-order chi connectivity index (χ1) is 7.20. The largest absolute Gasteiger partial charge is 0.339 e. The van der Waals surface area contributed by atoms with E-state index >= 15 is 0 Å². The molecule has 0 saturated heterocycles. The lowest BCUT2D eigenvalue weighted by molar-refractivity contribution is -0.720. The van der Waals surface area contributed by atoms with Crippen LogP contribution in [0.25, 0.3) is 0 Å². The van der Waals surface area contributed by atoms with Crippen LogP contribution < -0.4 is 11.2 Å². The molecule has 0 heterocycles. The Morgan fingerprint density at radius 1 is 1.33 bits per heavy atom. The summed E-state index contributed by atoms with van der Waals surface area (Å²) in [4.78, 5) is 10.0. The van der Waals surface area contributed by atoms with E-state index in [0.29, 0.717) is 5.84 Å². The van der Waals surface area contributed by atoms with Crippen LogP contribution in [0.1, 0.15) is 6.92 Å². The zero-order valence-electron chi connectivity index (χ0n) is 9.15. The number of anilines is 1. The number of amidine groups is 1. The van der Waals surface area contributed by atoms with Gasteiger partial charge in [-0.2, -0.15) is 0 Å². The summed E-state index contributed by atoms with van der Waals surface area (Å²) < 4.78 is 1.52. The van der Waals surface area contributed by atoms with Crippen LogP contribution in [0.3, 0.4) is 0 Å². The van der Waals surface area contributed by atoms with Crippen LogP contribution in [0.15, 0.2) is 24.3 Å². The molecule has 0 aliphatic carbocycles. The molecule has 5 nitrogen and oxygen atoms in total. The van der Waals surface area contributed by atoms with Crippen molar-refractivity contribution in [2.75, 3.05) is 19.7 Å². The van der Waals surface area contributed by atoms with Gasteiger partial charge in [0.05, 0.1) is 7.11 Å². The monoisotopic (exact) mass is 210 g/mol. The Kier molecular flexibility index (Phi) is 3.93. The first kappa shape index (κ1) is 11.3. The molecule has 0 aromatic heterocycles. The van der Waals surface area contributed by atoms with E-state index in [1.54, 1.807) is 21.1 Å². The van der Waals surface area contributed by atoms with Crippen LogP contribution in [0.4, 0.5) is 11.4 Å². The van der Waals surface area contributed by atoms with Crippen molar-refractivity contribution in [3.8, 4) is 0 Å². The smallest absolute Gasteiger partial charge is 0.285 e. The van der Waals surface area contributed by atoms with Crippen LogP contribution in [-0.4, -0.2) is 24.8 Å². The third-order valence-electron chi connectivity index (χ3n) is 1.84. The summed E-state index contributed by atoms with van der Waals surface area (Å²) in [7, 11) is 3.10. The van der Waals surface area contributed by atoms with Gasteiger partial charge in [-0.05, 0) is 16.9 Å². The number of rotatable bonds is 4. The van der Waals surface area contributed by atoms with E-state index in [9.17, 15) is 0 Å². The summed E-state index contributed by atoms with van der Waals surface area (Å²) in [6, 6.07) is 7.53. The Hall–Kier alpha value is -1.75. The number of nitrogens with one attached hydrogen (secondary N) is 1. The molecule has 0 spiro atoms. The summed E-state index contributed by atoms with van der Waals surface area (Å²) in [6.45, 7) is 1.76. The highest BCUT2D eigenvalue weighted by Gasteiger charge is 2.13. The van der Waals surface area contributed by atoms with Crippen molar-refractivity contribution in [2.45, 2.75) is 6.92 Å². The van der Waals surface area contributed by atoms with Crippen LogP contribution in [0.2, 0.25) is 0 Å². The van der Waals surface area contributed by atoms with Crippen LogP contribution in [0.5, 0.6) is 0 Å². The molecule has 0 amide bonds. The minimum Gasteiger partial charge on any atom is -0.339 e. The van der Waals surface area contributed by atoms with Gasteiger partial charge in [0.1, 0.15) is 12.8 Å². The molecule has 1 aromatic carbocycles. The van der Waals surface area contributed by atoms with E-state index < -0.39 is 0 Å². The average Bonchev–Trinajstić information content (AvgIpc) is 2.21. The summed E-state index contributed by atoms with van der Waals surface area (Å²) >= 11 is 0. The third kappa shape index (κ3) is 2.60. The van der Waals surface area contributed by atoms with E-state index in [-0.39, 0.29) is 0 Å². The molecule has 3 N–H and O–H groups in total. The van der Waals surface area contributed by atoms with Gasteiger partial charge < -0.3 is 4.84 Å². The maximum Gasteiger partial charge on any atom is 0.285 e. The molecule has 1 rings (SSSR count). The summed E-state index contributed by atoms with van der Waals surface area (Å²) in [5, 5.41) is 0. The van der Waals surface area contributed by atoms with Crippen molar-refractivity contribution in [1.82, 2.24) is 0 Å². The van der Waals surface area contributed by atoms with Crippen molar-refractivity contribution < 1.29 is 14.4 Å². The Morgan fingerprint density at radius 2 is 2.00 bits per heavy atom. The first-order valence-corrected chi connectivity index (χ1v) is 4.52. The molecule has 0 aliphatic rings. The molecular weight excluding hydrogens is 194 g/mol. The van der Waals surface area contributed by atoms with Gasteiger partial charge in [-0.1, -0.05) is 12.1 Å². The molecule has 0 unspecified atom stereocenters. The van der Waals surface area contributed by atoms with Gasteiger partial charge in [-0.3, -0.25) is 16.1 Å². The fourth-order valence-corrected chi connectivity index (χ4v) is 1.28. The molecular formula is C10H16N3O2+. The molecule has 0 fully saturated rings.